The zero-order chi connectivity index (χ0) is 10.8. The van der Waals surface area contributed by atoms with Crippen LogP contribution in [0.2, 0.25) is 0 Å². The van der Waals surface area contributed by atoms with Gasteiger partial charge in [0.25, 0.3) is 0 Å². The Kier molecular flexibility index (Phi) is 3.26. The van der Waals surface area contributed by atoms with Crippen molar-refractivity contribution in [1.29, 1.82) is 0 Å². The summed E-state index contributed by atoms with van der Waals surface area (Å²) in [5.74, 6) is 0.592. The molecule has 1 saturated heterocycles. The van der Waals surface area contributed by atoms with Crippen LogP contribution in [-0.2, 0) is 0 Å². The van der Waals surface area contributed by atoms with Gasteiger partial charge in [0.15, 0.2) is 5.13 Å². The Morgan fingerprint density at radius 2 is 2.40 bits per heavy atom. The molecule has 0 spiro atoms. The molecule has 2 rings (SSSR count). The smallest absolute Gasteiger partial charge is 0.180 e. The number of hydrogen-bond acceptors (Lipinski definition) is 4. The van der Waals surface area contributed by atoms with Crippen LogP contribution in [0.5, 0.6) is 0 Å². The van der Waals surface area contributed by atoms with Gasteiger partial charge in [-0.25, -0.2) is 4.98 Å². The van der Waals surface area contributed by atoms with Crippen molar-refractivity contribution in [2.75, 3.05) is 18.8 Å². The predicted molar refractivity (Wildman–Crippen MR) is 65.2 cm³/mol. The number of hydrogen-bond donors (Lipinski definition) is 1. The summed E-state index contributed by atoms with van der Waals surface area (Å²) >= 11 is 1.56. The summed E-state index contributed by atoms with van der Waals surface area (Å²) in [7, 11) is 0. The number of rotatable bonds is 2. The van der Waals surface area contributed by atoms with Gasteiger partial charge in [-0.15, -0.1) is 11.3 Å². The summed E-state index contributed by atoms with van der Waals surface area (Å²) in [5, 5.41) is 2.82. The average Bonchev–Trinajstić information content (AvgIpc) is 2.65. The van der Waals surface area contributed by atoms with Crippen molar-refractivity contribution in [3.05, 3.63) is 11.1 Å². The maximum absolute atomic E-state index is 5.67. The number of likely N-dealkylation sites (tertiary alicyclic amines) is 1. The molecule has 1 fully saturated rings. The molecule has 1 aliphatic rings. The SMILES string of the molecule is CC(C)N1CCC[C@H](c2csc(N)n2)C1. The van der Waals surface area contributed by atoms with Gasteiger partial charge < -0.3 is 10.6 Å². The second kappa shape index (κ2) is 4.49. The molecule has 0 saturated carbocycles. The minimum atomic E-state index is 0.592. The van der Waals surface area contributed by atoms with Gasteiger partial charge in [0.1, 0.15) is 0 Å². The lowest BCUT2D eigenvalue weighted by molar-refractivity contribution is 0.166. The molecule has 2 N–H and O–H groups in total. The molecule has 1 aliphatic heterocycles. The number of aromatic nitrogens is 1. The zero-order valence-corrected chi connectivity index (χ0v) is 10.3. The summed E-state index contributed by atoms with van der Waals surface area (Å²) in [6.07, 6.45) is 2.53. The highest BCUT2D eigenvalue weighted by Crippen LogP contribution is 2.29. The highest BCUT2D eigenvalue weighted by Gasteiger charge is 2.24. The lowest BCUT2D eigenvalue weighted by Crippen LogP contribution is -2.39. The van der Waals surface area contributed by atoms with E-state index in [-0.39, 0.29) is 0 Å². The molecular weight excluding hydrogens is 206 g/mol. The highest BCUT2D eigenvalue weighted by atomic mass is 32.1. The first kappa shape index (κ1) is 10.9. The number of piperidine rings is 1. The maximum Gasteiger partial charge on any atom is 0.180 e. The van der Waals surface area contributed by atoms with E-state index in [1.807, 2.05) is 0 Å². The summed E-state index contributed by atoms with van der Waals surface area (Å²) in [5.41, 5.74) is 6.87. The van der Waals surface area contributed by atoms with Crippen molar-refractivity contribution in [3.63, 3.8) is 0 Å². The summed E-state index contributed by atoms with van der Waals surface area (Å²) in [4.78, 5) is 6.93. The van der Waals surface area contributed by atoms with Crippen molar-refractivity contribution >= 4 is 16.5 Å². The largest absolute Gasteiger partial charge is 0.375 e. The van der Waals surface area contributed by atoms with Gasteiger partial charge in [-0.05, 0) is 33.2 Å². The van der Waals surface area contributed by atoms with E-state index in [2.05, 4.69) is 29.1 Å². The van der Waals surface area contributed by atoms with E-state index in [0.29, 0.717) is 17.1 Å². The first-order chi connectivity index (χ1) is 7.16. The third-order valence-corrected chi connectivity index (χ3v) is 3.83. The van der Waals surface area contributed by atoms with E-state index in [0.717, 1.165) is 6.54 Å². The number of nitrogen functional groups attached to an aromatic ring is 1. The van der Waals surface area contributed by atoms with Gasteiger partial charge in [-0.2, -0.15) is 0 Å². The monoisotopic (exact) mass is 225 g/mol. The van der Waals surface area contributed by atoms with Gasteiger partial charge in [0.2, 0.25) is 0 Å². The fraction of sp³-hybridized carbons (Fsp3) is 0.727. The normalized spacial score (nSPS) is 23.5. The van der Waals surface area contributed by atoms with E-state index in [1.165, 1.54) is 25.1 Å². The number of nitrogens with two attached hydrogens (primary N) is 1. The molecule has 1 aromatic heterocycles. The predicted octanol–water partition coefficient (Wildman–Crippen LogP) is 2.31. The Morgan fingerprint density at radius 3 is 3.00 bits per heavy atom. The molecule has 0 bridgehead atoms. The third kappa shape index (κ3) is 2.49. The minimum Gasteiger partial charge on any atom is -0.375 e. The van der Waals surface area contributed by atoms with Crippen LogP contribution in [0.1, 0.15) is 38.3 Å². The average molecular weight is 225 g/mol. The Morgan fingerprint density at radius 1 is 1.60 bits per heavy atom. The van der Waals surface area contributed by atoms with Gasteiger partial charge in [-0.1, -0.05) is 0 Å². The Balaban J connectivity index is 2.04. The molecule has 2 heterocycles. The molecule has 0 aromatic carbocycles. The fourth-order valence-electron chi connectivity index (χ4n) is 2.21. The van der Waals surface area contributed by atoms with Crippen LogP contribution in [0.3, 0.4) is 0 Å². The van der Waals surface area contributed by atoms with Crippen LogP contribution in [0.4, 0.5) is 5.13 Å². The Bertz CT molecular complexity index is 321. The summed E-state index contributed by atoms with van der Waals surface area (Å²) in [6.45, 7) is 6.89. The first-order valence-corrected chi connectivity index (χ1v) is 6.49. The zero-order valence-electron chi connectivity index (χ0n) is 9.44. The van der Waals surface area contributed by atoms with Gasteiger partial charge in [0, 0.05) is 23.9 Å². The first-order valence-electron chi connectivity index (χ1n) is 5.61. The molecule has 84 valence electrons. The molecule has 1 aromatic rings. The van der Waals surface area contributed by atoms with Gasteiger partial charge in [-0.3, -0.25) is 0 Å². The van der Waals surface area contributed by atoms with E-state index in [1.54, 1.807) is 11.3 Å². The van der Waals surface area contributed by atoms with Crippen LogP contribution < -0.4 is 5.73 Å². The van der Waals surface area contributed by atoms with E-state index < -0.39 is 0 Å². The van der Waals surface area contributed by atoms with Crippen molar-refractivity contribution in [3.8, 4) is 0 Å². The van der Waals surface area contributed by atoms with Gasteiger partial charge in [0.05, 0.1) is 5.69 Å². The van der Waals surface area contributed by atoms with Crippen LogP contribution in [0.25, 0.3) is 0 Å². The van der Waals surface area contributed by atoms with Gasteiger partial charge >= 0.3 is 0 Å². The second-order valence-corrected chi connectivity index (χ2v) is 5.43. The Labute approximate surface area is 95.3 Å². The molecule has 3 nitrogen and oxygen atoms in total. The van der Waals surface area contributed by atoms with Crippen molar-refractivity contribution in [2.24, 2.45) is 0 Å². The molecule has 1 atom stereocenters. The topological polar surface area (TPSA) is 42.1 Å². The maximum atomic E-state index is 5.67. The minimum absolute atomic E-state index is 0.592. The van der Waals surface area contributed by atoms with E-state index in [9.17, 15) is 0 Å². The molecular formula is C11H19N3S. The van der Waals surface area contributed by atoms with Crippen molar-refractivity contribution in [2.45, 2.75) is 38.6 Å². The summed E-state index contributed by atoms with van der Waals surface area (Å²) < 4.78 is 0. The lowest BCUT2D eigenvalue weighted by Gasteiger charge is -2.34. The molecule has 0 amide bonds. The third-order valence-electron chi connectivity index (χ3n) is 3.14. The number of anilines is 1. The van der Waals surface area contributed by atoms with Crippen LogP contribution >= 0.6 is 11.3 Å². The Hall–Kier alpha value is -0.610. The van der Waals surface area contributed by atoms with Crippen LogP contribution in [0.15, 0.2) is 5.38 Å². The highest BCUT2D eigenvalue weighted by molar-refractivity contribution is 7.13. The second-order valence-electron chi connectivity index (χ2n) is 4.54. The standard InChI is InChI=1S/C11H19N3S/c1-8(2)14-5-3-4-9(6-14)10-7-15-11(12)13-10/h7-9H,3-6H2,1-2H3,(H2,12,13)/t9-/m0/s1. The van der Waals surface area contributed by atoms with Crippen molar-refractivity contribution in [1.82, 2.24) is 9.88 Å². The number of thiazole rings is 1. The molecule has 15 heavy (non-hydrogen) atoms. The van der Waals surface area contributed by atoms with Crippen molar-refractivity contribution < 1.29 is 0 Å². The van der Waals surface area contributed by atoms with Crippen LogP contribution in [0, 0.1) is 0 Å². The molecule has 4 heteroatoms. The number of nitrogens with zero attached hydrogens (tertiary/aromatic N) is 2. The molecule has 0 unspecified atom stereocenters. The lowest BCUT2D eigenvalue weighted by atomic mass is 9.95. The quantitative estimate of drug-likeness (QED) is 0.840. The van der Waals surface area contributed by atoms with Crippen LogP contribution in [-0.4, -0.2) is 29.0 Å². The van der Waals surface area contributed by atoms with E-state index >= 15 is 0 Å². The molecule has 0 aliphatic carbocycles. The summed E-state index contributed by atoms with van der Waals surface area (Å²) in [6, 6.07) is 0.642. The molecule has 0 radical (unpaired) electrons. The van der Waals surface area contributed by atoms with E-state index in [4.69, 9.17) is 5.73 Å². The fourth-order valence-corrected chi connectivity index (χ4v) is 2.85.